The smallest absolute Gasteiger partial charge is 0.337 e. The topological polar surface area (TPSA) is 28.2 Å². The van der Waals surface area contributed by atoms with Crippen molar-refractivity contribution in [3.63, 3.8) is 0 Å². The van der Waals surface area contributed by atoms with Gasteiger partial charge in [-0.1, -0.05) is 27.7 Å². The largest absolute Gasteiger partial charge is 0.398 e. The molecule has 0 amide bonds. The zero-order valence-electron chi connectivity index (χ0n) is 22.1. The number of rotatable bonds is 20. The van der Waals surface area contributed by atoms with Crippen molar-refractivity contribution in [2.45, 2.75) is 78.3 Å². The molecule has 0 aromatic carbocycles. The van der Waals surface area contributed by atoms with Gasteiger partial charge in [-0.05, 0) is 116 Å². The van der Waals surface area contributed by atoms with E-state index in [1.165, 1.54) is 58.2 Å². The van der Waals surface area contributed by atoms with Gasteiger partial charge in [0, 0.05) is 14.2 Å². The molecule has 0 aromatic heterocycles. The van der Waals surface area contributed by atoms with Crippen LogP contribution in [0.15, 0.2) is 0 Å². The van der Waals surface area contributed by atoms with E-state index in [-0.39, 0.29) is 5.41 Å². The van der Waals surface area contributed by atoms with Crippen LogP contribution < -0.4 is 0 Å². The van der Waals surface area contributed by atoms with E-state index in [1.807, 2.05) is 14.2 Å². The fraction of sp³-hybridized carbons (Fsp3) is 1.00. The Labute approximate surface area is 190 Å². The van der Waals surface area contributed by atoms with E-state index < -0.39 is 8.56 Å². The predicted octanol–water partition coefficient (Wildman–Crippen LogP) is 4.92. The van der Waals surface area contributed by atoms with Crippen LogP contribution >= 0.6 is 0 Å². The lowest BCUT2D eigenvalue weighted by Crippen LogP contribution is -2.47. The molecule has 6 heteroatoms. The lowest BCUT2D eigenvalue weighted by molar-refractivity contribution is 0.134. The standard InChI is InChI=1S/C24H55N3O2Si/c1-10-17-25(5)20-14-24(15-21-26(6)18-11-2,16-22-27(7)19-12-3)23-30(13-4,28-8)29-9/h10-23H2,1-9H3. The Kier molecular flexibility index (Phi) is 16.6. The molecule has 0 spiro atoms. The van der Waals surface area contributed by atoms with Crippen LogP contribution in [0, 0.1) is 5.41 Å². The summed E-state index contributed by atoms with van der Waals surface area (Å²) in [6.45, 7) is 16.1. The lowest BCUT2D eigenvalue weighted by Gasteiger charge is -2.42. The molecule has 0 aromatic rings. The molecule has 0 saturated carbocycles. The van der Waals surface area contributed by atoms with Crippen LogP contribution in [-0.4, -0.2) is 97.9 Å². The second-order valence-electron chi connectivity index (χ2n) is 9.51. The molecule has 0 atom stereocenters. The Morgan fingerprint density at radius 2 is 0.933 bits per heavy atom. The average Bonchev–Trinajstić information content (AvgIpc) is 2.74. The van der Waals surface area contributed by atoms with E-state index in [9.17, 15) is 0 Å². The van der Waals surface area contributed by atoms with Gasteiger partial charge in [0.2, 0.25) is 0 Å². The maximum Gasteiger partial charge on any atom is 0.337 e. The molecule has 0 radical (unpaired) electrons. The third-order valence-electron chi connectivity index (χ3n) is 6.81. The van der Waals surface area contributed by atoms with Crippen molar-refractivity contribution in [1.29, 1.82) is 0 Å². The first kappa shape index (κ1) is 30.0. The van der Waals surface area contributed by atoms with Crippen molar-refractivity contribution in [1.82, 2.24) is 14.7 Å². The second-order valence-corrected chi connectivity index (χ2v) is 13.2. The highest BCUT2D eigenvalue weighted by atomic mass is 28.4. The molecule has 30 heavy (non-hydrogen) atoms. The monoisotopic (exact) mass is 445 g/mol. The Hall–Kier alpha value is 0.0169. The molecule has 0 aliphatic heterocycles. The van der Waals surface area contributed by atoms with E-state index in [4.69, 9.17) is 8.85 Å². The molecule has 0 bridgehead atoms. The first-order valence-electron chi connectivity index (χ1n) is 12.4. The molecular weight excluding hydrogens is 390 g/mol. The summed E-state index contributed by atoms with van der Waals surface area (Å²) in [5.74, 6) is 0. The van der Waals surface area contributed by atoms with Crippen LogP contribution in [-0.2, 0) is 8.85 Å². The highest BCUT2D eigenvalue weighted by Gasteiger charge is 2.44. The van der Waals surface area contributed by atoms with Crippen molar-refractivity contribution >= 4 is 8.56 Å². The molecule has 0 fully saturated rings. The van der Waals surface area contributed by atoms with E-state index >= 15 is 0 Å². The van der Waals surface area contributed by atoms with Gasteiger partial charge in [-0.15, -0.1) is 0 Å². The zero-order chi connectivity index (χ0) is 23.0. The number of nitrogens with zero attached hydrogens (tertiary/aromatic N) is 3. The fourth-order valence-corrected chi connectivity index (χ4v) is 7.57. The summed E-state index contributed by atoms with van der Waals surface area (Å²) >= 11 is 0. The highest BCUT2D eigenvalue weighted by Crippen LogP contribution is 2.42. The molecule has 0 heterocycles. The minimum absolute atomic E-state index is 0.264. The summed E-state index contributed by atoms with van der Waals surface area (Å²) < 4.78 is 12.3. The fourth-order valence-electron chi connectivity index (χ4n) is 4.62. The lowest BCUT2D eigenvalue weighted by atomic mass is 9.79. The van der Waals surface area contributed by atoms with Gasteiger partial charge in [-0.25, -0.2) is 0 Å². The van der Waals surface area contributed by atoms with Gasteiger partial charge in [-0.3, -0.25) is 0 Å². The Morgan fingerprint density at radius 3 is 1.17 bits per heavy atom. The van der Waals surface area contributed by atoms with Crippen LogP contribution in [0.25, 0.3) is 0 Å². The average molecular weight is 446 g/mol. The van der Waals surface area contributed by atoms with Crippen molar-refractivity contribution in [3.8, 4) is 0 Å². The Bertz CT molecular complexity index is 359. The maximum absolute atomic E-state index is 6.13. The molecule has 0 N–H and O–H groups in total. The zero-order valence-corrected chi connectivity index (χ0v) is 23.1. The third kappa shape index (κ3) is 11.6. The van der Waals surface area contributed by atoms with E-state index in [0.717, 1.165) is 31.7 Å². The summed E-state index contributed by atoms with van der Waals surface area (Å²) in [7, 11) is 8.40. The Morgan fingerprint density at radius 1 is 0.600 bits per heavy atom. The quantitative estimate of drug-likeness (QED) is 0.248. The van der Waals surface area contributed by atoms with Gasteiger partial charge in [-0.2, -0.15) is 0 Å². The van der Waals surface area contributed by atoms with Gasteiger partial charge < -0.3 is 23.6 Å². The van der Waals surface area contributed by atoms with Crippen LogP contribution in [0.3, 0.4) is 0 Å². The first-order valence-corrected chi connectivity index (χ1v) is 14.6. The summed E-state index contributed by atoms with van der Waals surface area (Å²) in [6.07, 6.45) is 7.32. The van der Waals surface area contributed by atoms with Crippen LogP contribution in [0.1, 0.15) is 66.2 Å². The summed E-state index contributed by atoms with van der Waals surface area (Å²) in [6, 6.07) is 2.12. The Balaban J connectivity index is 5.69. The molecule has 0 saturated heterocycles. The number of hydrogen-bond acceptors (Lipinski definition) is 5. The van der Waals surface area contributed by atoms with Crippen molar-refractivity contribution in [2.75, 3.05) is 74.6 Å². The molecule has 182 valence electrons. The molecule has 5 nitrogen and oxygen atoms in total. The minimum atomic E-state index is -2.18. The molecule has 0 aliphatic carbocycles. The summed E-state index contributed by atoms with van der Waals surface area (Å²) in [5.41, 5.74) is 0.264. The van der Waals surface area contributed by atoms with Gasteiger partial charge in [0.1, 0.15) is 0 Å². The van der Waals surface area contributed by atoms with Crippen molar-refractivity contribution in [2.24, 2.45) is 5.41 Å². The summed E-state index contributed by atoms with van der Waals surface area (Å²) in [4.78, 5) is 7.53. The van der Waals surface area contributed by atoms with E-state index in [2.05, 4.69) is 63.5 Å². The van der Waals surface area contributed by atoms with Crippen LogP contribution in [0.4, 0.5) is 0 Å². The highest BCUT2D eigenvalue weighted by molar-refractivity contribution is 6.67. The minimum Gasteiger partial charge on any atom is -0.398 e. The molecular formula is C24H55N3O2Si. The van der Waals surface area contributed by atoms with Crippen LogP contribution in [0.5, 0.6) is 0 Å². The molecule has 0 unspecified atom stereocenters. The maximum atomic E-state index is 6.13. The van der Waals surface area contributed by atoms with Crippen molar-refractivity contribution in [3.05, 3.63) is 0 Å². The van der Waals surface area contributed by atoms with Crippen LogP contribution in [0.2, 0.25) is 12.1 Å². The molecule has 0 aliphatic rings. The van der Waals surface area contributed by atoms with E-state index in [1.54, 1.807) is 0 Å². The van der Waals surface area contributed by atoms with Gasteiger partial charge in [0.05, 0.1) is 0 Å². The number of hydrogen-bond donors (Lipinski definition) is 0. The second kappa shape index (κ2) is 16.6. The molecule has 0 rings (SSSR count). The van der Waals surface area contributed by atoms with Gasteiger partial charge in [0.15, 0.2) is 0 Å². The predicted molar refractivity (Wildman–Crippen MR) is 135 cm³/mol. The summed E-state index contributed by atoms with van der Waals surface area (Å²) in [5, 5.41) is 0. The first-order chi connectivity index (χ1) is 14.3. The van der Waals surface area contributed by atoms with E-state index in [0.29, 0.717) is 0 Å². The van der Waals surface area contributed by atoms with Gasteiger partial charge in [0.25, 0.3) is 0 Å². The third-order valence-corrected chi connectivity index (χ3v) is 10.7. The normalized spacial score (nSPS) is 13.2. The SMILES string of the molecule is CCCN(C)CCC(CCN(C)CCC)(CCN(C)CCC)C[Si](CC)(OC)OC. The van der Waals surface area contributed by atoms with Gasteiger partial charge >= 0.3 is 8.56 Å². The van der Waals surface area contributed by atoms with Crippen molar-refractivity contribution < 1.29 is 8.85 Å².